The van der Waals surface area contributed by atoms with Gasteiger partial charge >= 0.3 is 52.6 Å². The van der Waals surface area contributed by atoms with Crippen LogP contribution >= 0.6 is 46.9 Å². The molecule has 32 nitrogen and oxygen atoms in total. The van der Waals surface area contributed by atoms with Crippen molar-refractivity contribution in [2.75, 3.05) is 5.73 Å². The number of phosphoric ester groups is 3. The highest BCUT2D eigenvalue weighted by molar-refractivity contribution is 7.67. The van der Waals surface area contributed by atoms with E-state index in [0.29, 0.717) is 0 Å². The highest BCUT2D eigenvalue weighted by atomic mass is 31.3. The zero-order valence-corrected chi connectivity index (χ0v) is 38.5. The van der Waals surface area contributed by atoms with E-state index in [1.165, 1.54) is 20.0 Å². The first-order valence-corrected chi connectivity index (χ1v) is 27.3. The number of aryl methyl sites for hydroxylation is 1. The second kappa shape index (κ2) is 20.1. The van der Waals surface area contributed by atoms with Crippen molar-refractivity contribution in [3.8, 4) is 0 Å². The van der Waals surface area contributed by atoms with Gasteiger partial charge in [-0.15, -0.1) is 0 Å². The largest absolute Gasteiger partial charge is 0.490 e. The SMILES string of the molecule is CCCC(OP(=O)(O)OP(=O)(O)OP(=O)(O)O[C@@H]1[C@H](O)[C@@H](C(CCC)OP(=O)(O)OP(=O)(O)OP(=O)(O)O)O[C@H]1n1cnc2c(N)ncnc21)[C@@H]1CC[C@H](n2cc(C)c(=O)[nH]c2=O)O1. The molecule has 2 fully saturated rings. The standard InChI is InChI=1S/C26H43N7O25P6/c1-4-6-15(14-8-9-17(50-14)32-10-13(3)24(35)31-26(32)36)52-60(40,41)57-64(48,49)58-62(44,45)54-21-19(34)20(51-25(21)33-12-30-18-22(27)28-11-29-23(18)33)16(7-5-2)53-61(42,43)56-63(46,47)55-59(37,38)39/h10-12,14-17,19-21,25,34H,4-9H2,1-3H3,(H,40,41)(H,42,43)(H,44,45)(H,46,47)(H,48,49)(H2,27,28,29)(H,31,35,36)(H2,37,38,39)/t14-,15?,16?,17+,19+,20+,21+,25+/m0/s1. The number of aliphatic hydroxyl groups is 1. The van der Waals surface area contributed by atoms with Crippen LogP contribution in [0.5, 0.6) is 0 Å². The lowest BCUT2D eigenvalue weighted by Crippen LogP contribution is -2.40. The van der Waals surface area contributed by atoms with Gasteiger partial charge in [-0.3, -0.25) is 32.5 Å². The Balaban J connectivity index is 1.36. The number of fused-ring (bicyclic) bond motifs is 1. The fourth-order valence-electron chi connectivity index (χ4n) is 6.56. The molecule has 0 aliphatic carbocycles. The number of H-pyrrole nitrogens is 1. The van der Waals surface area contributed by atoms with Crippen molar-refractivity contribution in [3.05, 3.63) is 45.3 Å². The van der Waals surface area contributed by atoms with Gasteiger partial charge in [0.15, 0.2) is 17.7 Å². The van der Waals surface area contributed by atoms with Crippen LogP contribution in [0.2, 0.25) is 0 Å². The number of aliphatic hydroxyl groups excluding tert-OH is 1. The average Bonchev–Trinajstić information content (AvgIpc) is 3.85. The highest BCUT2D eigenvalue weighted by Gasteiger charge is 2.55. The van der Waals surface area contributed by atoms with Crippen LogP contribution in [0.4, 0.5) is 5.82 Å². The number of aromatic nitrogens is 6. The number of nitrogens with two attached hydrogens (primary N) is 1. The van der Waals surface area contributed by atoms with Crippen molar-refractivity contribution in [2.24, 2.45) is 0 Å². The maximum absolute atomic E-state index is 13.4. The Morgan fingerprint density at radius 2 is 1.38 bits per heavy atom. The molecule has 2 aliphatic rings. The summed E-state index contributed by atoms with van der Waals surface area (Å²) in [6.45, 7) is 4.54. The zero-order chi connectivity index (χ0) is 47.8. The van der Waals surface area contributed by atoms with Gasteiger partial charge in [-0.1, -0.05) is 26.7 Å². The van der Waals surface area contributed by atoms with Gasteiger partial charge in [-0.25, -0.2) is 47.1 Å². The molecule has 0 spiro atoms. The molecular formula is C26H43N7O25P6. The van der Waals surface area contributed by atoms with E-state index >= 15 is 0 Å². The predicted octanol–water partition coefficient (Wildman–Crippen LogP) is 1.62. The molecule has 5 rings (SSSR count). The van der Waals surface area contributed by atoms with Crippen LogP contribution in [0.3, 0.4) is 0 Å². The van der Waals surface area contributed by atoms with Crippen LogP contribution in [0, 0.1) is 6.92 Å². The van der Waals surface area contributed by atoms with Gasteiger partial charge in [-0.2, -0.15) is 17.2 Å². The monoisotopic (exact) mass is 1040 g/mol. The fourth-order valence-corrected chi connectivity index (χ4v) is 13.7. The van der Waals surface area contributed by atoms with Crippen molar-refractivity contribution in [3.63, 3.8) is 0 Å². The predicted molar refractivity (Wildman–Crippen MR) is 209 cm³/mol. The lowest BCUT2D eigenvalue weighted by atomic mass is 10.0. The summed E-state index contributed by atoms with van der Waals surface area (Å²) in [5.41, 5.74) is 4.27. The first-order chi connectivity index (χ1) is 29.4. The van der Waals surface area contributed by atoms with E-state index in [0.717, 1.165) is 21.8 Å². The first-order valence-electron chi connectivity index (χ1n) is 18.3. The second-order valence-corrected chi connectivity index (χ2v) is 22.8. The minimum absolute atomic E-state index is 0.00172. The molecule has 7 unspecified atom stereocenters. The summed E-state index contributed by atoms with van der Waals surface area (Å²) in [7, 11) is -35.9. The number of nitrogen functional groups attached to an aromatic ring is 1. The van der Waals surface area contributed by atoms with Gasteiger partial charge in [0.25, 0.3) is 5.56 Å². The summed E-state index contributed by atoms with van der Waals surface area (Å²) in [4.78, 5) is 108. The molecule has 13 atom stereocenters. The van der Waals surface area contributed by atoms with Crippen molar-refractivity contribution < 1.29 is 107 Å². The number of imidazole rings is 1. The number of phosphoric acid groups is 6. The molecule has 3 aromatic rings. The van der Waals surface area contributed by atoms with Crippen molar-refractivity contribution in [1.29, 1.82) is 0 Å². The molecule has 362 valence electrons. The summed E-state index contributed by atoms with van der Waals surface area (Å²) >= 11 is 0. The van der Waals surface area contributed by atoms with Gasteiger partial charge in [0.05, 0.1) is 24.6 Å². The van der Waals surface area contributed by atoms with Gasteiger partial charge in [-0.05, 0) is 32.6 Å². The number of anilines is 1. The number of nitrogens with one attached hydrogen (secondary N) is 1. The number of nitrogens with zero attached hydrogens (tertiary/aromatic N) is 5. The summed E-state index contributed by atoms with van der Waals surface area (Å²) in [5.74, 6) is -0.210. The lowest BCUT2D eigenvalue weighted by molar-refractivity contribution is -0.0825. The number of aromatic amines is 1. The Labute approximate surface area is 358 Å². The molecule has 5 heterocycles. The highest BCUT2D eigenvalue weighted by Crippen LogP contribution is 2.70. The molecule has 0 radical (unpaired) electrons. The molecule has 0 aromatic carbocycles. The number of ether oxygens (including phenoxy) is 2. The molecule has 2 aliphatic heterocycles. The van der Waals surface area contributed by atoms with Gasteiger partial charge in [0, 0.05) is 11.8 Å². The van der Waals surface area contributed by atoms with Crippen LogP contribution in [0.1, 0.15) is 70.4 Å². The van der Waals surface area contributed by atoms with Crippen molar-refractivity contribution >= 4 is 63.9 Å². The van der Waals surface area contributed by atoms with Gasteiger partial charge < -0.3 is 54.6 Å². The maximum atomic E-state index is 13.4. The Morgan fingerprint density at radius 1 is 0.797 bits per heavy atom. The fraction of sp³-hybridized carbons (Fsp3) is 0.654. The van der Waals surface area contributed by atoms with Gasteiger partial charge in [0.2, 0.25) is 0 Å². The summed E-state index contributed by atoms with van der Waals surface area (Å²) in [6, 6.07) is 0. The van der Waals surface area contributed by atoms with Crippen molar-refractivity contribution in [1.82, 2.24) is 29.1 Å². The summed E-state index contributed by atoms with van der Waals surface area (Å²) in [6.07, 6.45) is -10.8. The molecule has 0 bridgehead atoms. The molecular weight excluding hydrogens is 996 g/mol. The van der Waals surface area contributed by atoms with Crippen LogP contribution < -0.4 is 17.0 Å². The summed E-state index contributed by atoms with van der Waals surface area (Å²) in [5, 5.41) is 11.5. The number of rotatable bonds is 22. The van der Waals surface area contributed by atoms with Crippen LogP contribution in [-0.2, 0) is 67.7 Å². The lowest BCUT2D eigenvalue weighted by Gasteiger charge is -2.28. The number of hydrogen-bond acceptors (Lipinski definition) is 22. The zero-order valence-electron chi connectivity index (χ0n) is 33.1. The molecule has 11 N–H and O–H groups in total. The normalized spacial score (nSPS) is 27.5. The molecule has 38 heteroatoms. The van der Waals surface area contributed by atoms with Crippen LogP contribution in [-0.4, -0.2) is 105 Å². The van der Waals surface area contributed by atoms with Crippen LogP contribution in [0.25, 0.3) is 11.2 Å². The van der Waals surface area contributed by atoms with Crippen molar-refractivity contribution in [2.45, 2.75) is 108 Å². The Morgan fingerprint density at radius 3 is 1.98 bits per heavy atom. The van der Waals surface area contributed by atoms with Crippen LogP contribution in [0.15, 0.2) is 28.4 Å². The van der Waals surface area contributed by atoms with E-state index in [-0.39, 0.29) is 54.6 Å². The molecule has 0 amide bonds. The van der Waals surface area contributed by atoms with E-state index in [9.17, 15) is 66.6 Å². The van der Waals surface area contributed by atoms with E-state index in [1.54, 1.807) is 6.92 Å². The molecule has 64 heavy (non-hydrogen) atoms. The maximum Gasteiger partial charge on any atom is 0.490 e. The minimum Gasteiger partial charge on any atom is -0.387 e. The average molecular weight is 1040 g/mol. The molecule has 0 saturated carbocycles. The third kappa shape index (κ3) is 13.7. The smallest absolute Gasteiger partial charge is 0.387 e. The van der Waals surface area contributed by atoms with E-state index in [1.807, 2.05) is 0 Å². The summed E-state index contributed by atoms with van der Waals surface area (Å²) < 4.78 is 121. The Hall–Kier alpha value is -2.27. The third-order valence-corrected chi connectivity index (χ3v) is 17.2. The molecule has 2 saturated heterocycles. The van der Waals surface area contributed by atoms with E-state index in [2.05, 4.69) is 37.2 Å². The quantitative estimate of drug-likeness (QED) is 0.0639. The van der Waals surface area contributed by atoms with Gasteiger partial charge in [0.1, 0.15) is 36.4 Å². The topological polar surface area (TPSA) is 472 Å². The van der Waals surface area contributed by atoms with E-state index < -0.39 is 114 Å². The molecule has 3 aromatic heterocycles. The second-order valence-electron chi connectivity index (χ2n) is 13.8. The number of hydrogen-bond donors (Lipinski definition) is 10. The Kier molecular flexibility index (Phi) is 16.6. The Bertz CT molecular complexity index is 2590. The third-order valence-electron chi connectivity index (χ3n) is 8.95. The van der Waals surface area contributed by atoms with E-state index in [4.69, 9.17) is 38.6 Å². The first kappa shape index (κ1) is 52.7. The minimum atomic E-state index is -6.23.